The summed E-state index contributed by atoms with van der Waals surface area (Å²) in [6.45, 7) is 1.20. The van der Waals surface area contributed by atoms with Gasteiger partial charge in [0.1, 0.15) is 18.2 Å². The Labute approximate surface area is 114 Å². The molecule has 0 radical (unpaired) electrons. The van der Waals surface area contributed by atoms with Crippen LogP contribution in [0.5, 0.6) is 5.75 Å². The first-order valence-corrected chi connectivity index (χ1v) is 6.42. The molecule has 0 aliphatic heterocycles. The molecular formula is C14H13BrFNO. The molecule has 1 N–H and O–H groups in total. The monoisotopic (exact) mass is 309 g/mol. The molecule has 2 aromatic carbocycles. The summed E-state index contributed by atoms with van der Waals surface area (Å²) in [7, 11) is 0. The van der Waals surface area contributed by atoms with Crippen molar-refractivity contribution in [3.05, 3.63) is 58.8 Å². The van der Waals surface area contributed by atoms with Gasteiger partial charge in [0.25, 0.3) is 0 Å². The third kappa shape index (κ3) is 3.74. The summed E-state index contributed by atoms with van der Waals surface area (Å²) in [5.74, 6) is 0.416. The molecule has 0 atom stereocenters. The van der Waals surface area contributed by atoms with Gasteiger partial charge in [-0.2, -0.15) is 0 Å². The Balaban J connectivity index is 1.76. The molecule has 0 unspecified atom stereocenters. The summed E-state index contributed by atoms with van der Waals surface area (Å²) < 4.78 is 19.2. The van der Waals surface area contributed by atoms with Crippen LogP contribution in [0.25, 0.3) is 0 Å². The molecule has 2 rings (SSSR count). The summed E-state index contributed by atoms with van der Waals surface area (Å²) >= 11 is 3.46. The number of para-hydroxylation sites is 1. The molecule has 0 amide bonds. The molecule has 18 heavy (non-hydrogen) atoms. The van der Waals surface area contributed by atoms with Crippen LogP contribution in [0.1, 0.15) is 0 Å². The van der Waals surface area contributed by atoms with E-state index in [-0.39, 0.29) is 5.82 Å². The predicted octanol–water partition coefficient (Wildman–Crippen LogP) is 4.08. The molecular weight excluding hydrogens is 297 g/mol. The highest BCUT2D eigenvalue weighted by Gasteiger charge is 1.97. The van der Waals surface area contributed by atoms with Gasteiger partial charge in [-0.25, -0.2) is 4.39 Å². The first-order chi connectivity index (χ1) is 8.75. The van der Waals surface area contributed by atoms with E-state index in [0.717, 1.165) is 10.2 Å². The second-order valence-electron chi connectivity index (χ2n) is 3.71. The van der Waals surface area contributed by atoms with E-state index in [0.29, 0.717) is 18.9 Å². The molecule has 0 aliphatic carbocycles. The van der Waals surface area contributed by atoms with Crippen molar-refractivity contribution >= 4 is 21.6 Å². The van der Waals surface area contributed by atoms with Crippen LogP contribution in [-0.4, -0.2) is 13.2 Å². The summed E-state index contributed by atoms with van der Waals surface area (Å²) in [6.07, 6.45) is 0. The van der Waals surface area contributed by atoms with E-state index in [1.54, 1.807) is 12.1 Å². The van der Waals surface area contributed by atoms with Crippen LogP contribution in [-0.2, 0) is 0 Å². The number of halogens is 2. The van der Waals surface area contributed by atoms with E-state index < -0.39 is 0 Å². The molecule has 0 aliphatic rings. The summed E-state index contributed by atoms with van der Waals surface area (Å²) in [5.41, 5.74) is 1.03. The summed E-state index contributed by atoms with van der Waals surface area (Å²) in [6, 6.07) is 13.9. The Bertz CT molecular complexity index is 501. The lowest BCUT2D eigenvalue weighted by Crippen LogP contribution is -2.11. The lowest BCUT2D eigenvalue weighted by Gasteiger charge is -2.09. The smallest absolute Gasteiger partial charge is 0.123 e. The van der Waals surface area contributed by atoms with Crippen molar-refractivity contribution in [1.82, 2.24) is 0 Å². The van der Waals surface area contributed by atoms with Crippen molar-refractivity contribution in [3.63, 3.8) is 0 Å². The molecule has 0 fully saturated rings. The van der Waals surface area contributed by atoms with E-state index >= 15 is 0 Å². The van der Waals surface area contributed by atoms with Crippen molar-refractivity contribution < 1.29 is 9.13 Å². The normalized spacial score (nSPS) is 10.1. The summed E-state index contributed by atoms with van der Waals surface area (Å²) in [4.78, 5) is 0. The van der Waals surface area contributed by atoms with Crippen molar-refractivity contribution in [1.29, 1.82) is 0 Å². The highest BCUT2D eigenvalue weighted by atomic mass is 79.9. The third-order valence-corrected chi connectivity index (χ3v) is 3.07. The molecule has 2 aromatic rings. The van der Waals surface area contributed by atoms with Gasteiger partial charge in [0.05, 0.1) is 0 Å². The van der Waals surface area contributed by atoms with Crippen LogP contribution < -0.4 is 10.1 Å². The third-order valence-electron chi connectivity index (χ3n) is 2.37. The highest BCUT2D eigenvalue weighted by molar-refractivity contribution is 9.10. The zero-order chi connectivity index (χ0) is 12.8. The van der Waals surface area contributed by atoms with Crippen molar-refractivity contribution in [2.45, 2.75) is 0 Å². The largest absolute Gasteiger partial charge is 0.492 e. The van der Waals surface area contributed by atoms with Gasteiger partial charge in [-0.15, -0.1) is 0 Å². The molecule has 0 aromatic heterocycles. The van der Waals surface area contributed by atoms with Gasteiger partial charge in [0.2, 0.25) is 0 Å². The standard InChI is InChI=1S/C14H13BrFNO/c15-13-3-1-2-4-14(13)17-9-10-18-12-7-5-11(16)6-8-12/h1-8,17H,9-10H2. The molecule has 0 bridgehead atoms. The van der Waals surface area contributed by atoms with E-state index in [1.807, 2.05) is 24.3 Å². The number of anilines is 1. The minimum absolute atomic E-state index is 0.256. The van der Waals surface area contributed by atoms with Gasteiger partial charge in [-0.05, 0) is 52.3 Å². The lowest BCUT2D eigenvalue weighted by molar-refractivity contribution is 0.332. The Morgan fingerprint density at radius 3 is 2.50 bits per heavy atom. The minimum Gasteiger partial charge on any atom is -0.492 e. The topological polar surface area (TPSA) is 21.3 Å². The number of benzene rings is 2. The molecule has 0 saturated carbocycles. The van der Waals surface area contributed by atoms with Crippen molar-refractivity contribution in [2.75, 3.05) is 18.5 Å². The zero-order valence-corrected chi connectivity index (χ0v) is 11.3. The molecule has 0 saturated heterocycles. The number of nitrogens with one attached hydrogen (secondary N) is 1. The van der Waals surface area contributed by atoms with Gasteiger partial charge in [-0.1, -0.05) is 12.1 Å². The first-order valence-electron chi connectivity index (χ1n) is 5.62. The van der Waals surface area contributed by atoms with E-state index in [2.05, 4.69) is 21.2 Å². The van der Waals surface area contributed by atoms with Gasteiger partial charge in [-0.3, -0.25) is 0 Å². The van der Waals surface area contributed by atoms with Gasteiger partial charge >= 0.3 is 0 Å². The zero-order valence-electron chi connectivity index (χ0n) is 9.70. The van der Waals surface area contributed by atoms with Crippen LogP contribution in [0.15, 0.2) is 53.0 Å². The van der Waals surface area contributed by atoms with Crippen LogP contribution in [0.2, 0.25) is 0 Å². The number of hydrogen-bond donors (Lipinski definition) is 1. The minimum atomic E-state index is -0.256. The summed E-state index contributed by atoms with van der Waals surface area (Å²) in [5, 5.41) is 3.25. The van der Waals surface area contributed by atoms with Crippen LogP contribution in [0.3, 0.4) is 0 Å². The SMILES string of the molecule is Fc1ccc(OCCNc2ccccc2Br)cc1. The Morgan fingerprint density at radius 2 is 1.78 bits per heavy atom. The fourth-order valence-electron chi connectivity index (χ4n) is 1.49. The van der Waals surface area contributed by atoms with E-state index in [4.69, 9.17) is 4.74 Å². The quantitative estimate of drug-likeness (QED) is 0.840. The second-order valence-corrected chi connectivity index (χ2v) is 4.56. The average molecular weight is 310 g/mol. The predicted molar refractivity (Wildman–Crippen MR) is 74.5 cm³/mol. The maximum absolute atomic E-state index is 12.7. The number of ether oxygens (including phenoxy) is 1. The van der Waals surface area contributed by atoms with Crippen LogP contribution in [0.4, 0.5) is 10.1 Å². The maximum Gasteiger partial charge on any atom is 0.123 e. The second kappa shape index (κ2) is 6.40. The molecule has 0 spiro atoms. The number of hydrogen-bond acceptors (Lipinski definition) is 2. The molecule has 94 valence electrons. The molecule has 2 nitrogen and oxygen atoms in total. The van der Waals surface area contributed by atoms with E-state index in [1.165, 1.54) is 12.1 Å². The number of rotatable bonds is 5. The van der Waals surface area contributed by atoms with Gasteiger partial charge in [0, 0.05) is 16.7 Å². The fraction of sp³-hybridized carbons (Fsp3) is 0.143. The Hall–Kier alpha value is -1.55. The Morgan fingerprint density at radius 1 is 1.06 bits per heavy atom. The first kappa shape index (κ1) is 12.9. The maximum atomic E-state index is 12.7. The van der Waals surface area contributed by atoms with Gasteiger partial charge in [0.15, 0.2) is 0 Å². The Kier molecular flexibility index (Phi) is 4.59. The van der Waals surface area contributed by atoms with Crippen molar-refractivity contribution in [2.24, 2.45) is 0 Å². The molecule has 0 heterocycles. The highest BCUT2D eigenvalue weighted by Crippen LogP contribution is 2.20. The molecule has 4 heteroatoms. The van der Waals surface area contributed by atoms with Gasteiger partial charge < -0.3 is 10.1 Å². The van der Waals surface area contributed by atoms with Crippen LogP contribution in [0, 0.1) is 5.82 Å². The van der Waals surface area contributed by atoms with Crippen LogP contribution >= 0.6 is 15.9 Å². The lowest BCUT2D eigenvalue weighted by atomic mass is 10.3. The van der Waals surface area contributed by atoms with E-state index in [9.17, 15) is 4.39 Å². The average Bonchev–Trinajstić information content (AvgIpc) is 2.39. The fourth-order valence-corrected chi connectivity index (χ4v) is 1.91. The van der Waals surface area contributed by atoms with Crippen molar-refractivity contribution in [3.8, 4) is 5.75 Å².